The van der Waals surface area contributed by atoms with Gasteiger partial charge in [-0.15, -0.1) is 0 Å². The zero-order valence-electron chi connectivity index (χ0n) is 11.2. The molecule has 3 rings (SSSR count). The predicted molar refractivity (Wildman–Crippen MR) is 78.0 cm³/mol. The molecule has 0 saturated carbocycles. The maximum Gasteiger partial charge on any atom is 0.130 e. The van der Waals surface area contributed by atoms with Gasteiger partial charge in [0, 0.05) is 31.4 Å². The number of aryl methyl sites for hydroxylation is 1. The van der Waals surface area contributed by atoms with Gasteiger partial charge < -0.3 is 5.32 Å². The van der Waals surface area contributed by atoms with Crippen molar-refractivity contribution in [2.24, 2.45) is 7.05 Å². The zero-order valence-corrected chi connectivity index (χ0v) is 11.2. The van der Waals surface area contributed by atoms with Crippen molar-refractivity contribution in [3.05, 3.63) is 60.7 Å². The molecule has 0 spiro atoms. The van der Waals surface area contributed by atoms with Crippen LogP contribution in [0.5, 0.6) is 0 Å². The van der Waals surface area contributed by atoms with E-state index in [4.69, 9.17) is 0 Å². The first-order valence-electron chi connectivity index (χ1n) is 6.40. The lowest BCUT2D eigenvalue weighted by Crippen LogP contribution is -2.01. The molecule has 0 amide bonds. The van der Waals surface area contributed by atoms with Crippen LogP contribution in [0.25, 0.3) is 11.3 Å². The smallest absolute Gasteiger partial charge is 0.130 e. The molecule has 0 bridgehead atoms. The van der Waals surface area contributed by atoms with Gasteiger partial charge in [0.1, 0.15) is 12.1 Å². The van der Waals surface area contributed by atoms with Gasteiger partial charge in [-0.2, -0.15) is 5.10 Å². The molecular weight excluding hydrogens is 250 g/mol. The summed E-state index contributed by atoms with van der Waals surface area (Å²) in [7, 11) is 1.89. The van der Waals surface area contributed by atoms with E-state index >= 15 is 0 Å². The maximum atomic E-state index is 4.27. The summed E-state index contributed by atoms with van der Waals surface area (Å²) >= 11 is 0. The molecule has 0 saturated heterocycles. The van der Waals surface area contributed by atoms with Crippen LogP contribution in [0.15, 0.2) is 55.1 Å². The Morgan fingerprint density at radius 2 is 2.00 bits per heavy atom. The van der Waals surface area contributed by atoms with Crippen LogP contribution in [-0.2, 0) is 13.6 Å². The minimum Gasteiger partial charge on any atom is -0.366 e. The molecule has 0 aliphatic heterocycles. The van der Waals surface area contributed by atoms with Gasteiger partial charge in [-0.3, -0.25) is 4.68 Å². The van der Waals surface area contributed by atoms with Crippen LogP contribution >= 0.6 is 0 Å². The molecule has 0 fully saturated rings. The third-order valence-corrected chi connectivity index (χ3v) is 2.98. The predicted octanol–water partition coefficient (Wildman–Crippen LogP) is 2.49. The number of anilines is 1. The Bertz CT molecular complexity index is 690. The molecule has 0 radical (unpaired) electrons. The average molecular weight is 265 g/mol. The Morgan fingerprint density at radius 3 is 2.75 bits per heavy atom. The number of nitrogens with one attached hydrogen (secondary N) is 1. The van der Waals surface area contributed by atoms with Gasteiger partial charge in [-0.25, -0.2) is 9.97 Å². The molecule has 5 heteroatoms. The van der Waals surface area contributed by atoms with Gasteiger partial charge in [0.25, 0.3) is 0 Å². The van der Waals surface area contributed by atoms with Gasteiger partial charge in [-0.1, -0.05) is 30.3 Å². The molecule has 0 atom stereocenters. The maximum absolute atomic E-state index is 4.27. The van der Waals surface area contributed by atoms with Gasteiger partial charge in [0.05, 0.1) is 11.9 Å². The highest BCUT2D eigenvalue weighted by Crippen LogP contribution is 2.17. The van der Waals surface area contributed by atoms with Crippen LogP contribution in [0.3, 0.4) is 0 Å². The molecular formula is C15H15N5. The molecule has 100 valence electrons. The van der Waals surface area contributed by atoms with E-state index in [-0.39, 0.29) is 0 Å². The molecule has 3 aromatic rings. The van der Waals surface area contributed by atoms with E-state index in [1.54, 1.807) is 17.2 Å². The highest BCUT2D eigenvalue weighted by Gasteiger charge is 2.03. The van der Waals surface area contributed by atoms with E-state index in [0.29, 0.717) is 0 Å². The second-order valence-electron chi connectivity index (χ2n) is 4.53. The lowest BCUT2D eigenvalue weighted by atomic mass is 10.2. The Kier molecular flexibility index (Phi) is 3.41. The molecule has 2 heterocycles. The molecule has 0 aliphatic carbocycles. The number of benzene rings is 1. The average Bonchev–Trinajstić information content (AvgIpc) is 2.93. The number of nitrogens with zero attached hydrogens (tertiary/aromatic N) is 4. The van der Waals surface area contributed by atoms with Crippen LogP contribution in [0.4, 0.5) is 5.82 Å². The number of rotatable bonds is 4. The molecule has 1 aromatic carbocycles. The second-order valence-corrected chi connectivity index (χ2v) is 4.53. The van der Waals surface area contributed by atoms with Gasteiger partial charge >= 0.3 is 0 Å². The van der Waals surface area contributed by atoms with Crippen LogP contribution in [0.1, 0.15) is 5.56 Å². The largest absolute Gasteiger partial charge is 0.366 e. The molecule has 5 nitrogen and oxygen atoms in total. The van der Waals surface area contributed by atoms with E-state index in [1.165, 1.54) is 5.56 Å². The van der Waals surface area contributed by atoms with Gasteiger partial charge in [0.2, 0.25) is 0 Å². The minimum atomic E-state index is 0.740. The number of aromatic nitrogens is 4. The van der Waals surface area contributed by atoms with Crippen molar-refractivity contribution in [3.63, 3.8) is 0 Å². The molecule has 0 unspecified atom stereocenters. The standard InChI is InChI=1S/C15H15N5/c1-20-10-13(9-19-20)14-7-15(18-11-17-14)16-8-12-5-3-2-4-6-12/h2-7,9-11H,8H2,1H3,(H,16,17,18). The minimum absolute atomic E-state index is 0.740. The van der Waals surface area contributed by atoms with Crippen molar-refractivity contribution in [2.45, 2.75) is 6.54 Å². The highest BCUT2D eigenvalue weighted by molar-refractivity contribution is 5.60. The van der Waals surface area contributed by atoms with E-state index < -0.39 is 0 Å². The molecule has 0 aliphatic rings. The quantitative estimate of drug-likeness (QED) is 0.787. The zero-order chi connectivity index (χ0) is 13.8. The third-order valence-electron chi connectivity index (χ3n) is 2.98. The fourth-order valence-corrected chi connectivity index (χ4v) is 1.95. The van der Waals surface area contributed by atoms with E-state index in [9.17, 15) is 0 Å². The fraction of sp³-hybridized carbons (Fsp3) is 0.133. The van der Waals surface area contributed by atoms with Crippen LogP contribution in [0, 0.1) is 0 Å². The second kappa shape index (κ2) is 5.52. The lowest BCUT2D eigenvalue weighted by molar-refractivity contribution is 0.768. The summed E-state index contributed by atoms with van der Waals surface area (Å²) in [6.45, 7) is 0.740. The van der Waals surface area contributed by atoms with Crippen molar-refractivity contribution in [3.8, 4) is 11.3 Å². The summed E-state index contributed by atoms with van der Waals surface area (Å²) in [5.41, 5.74) is 3.07. The first-order chi connectivity index (χ1) is 9.81. The fourth-order valence-electron chi connectivity index (χ4n) is 1.95. The Labute approximate surface area is 117 Å². The summed E-state index contributed by atoms with van der Waals surface area (Å²) in [6, 6.07) is 12.1. The van der Waals surface area contributed by atoms with Crippen molar-refractivity contribution in [1.82, 2.24) is 19.7 Å². The summed E-state index contributed by atoms with van der Waals surface area (Å²) in [4.78, 5) is 8.51. The SMILES string of the molecule is Cn1cc(-c2cc(NCc3ccccc3)ncn2)cn1. The summed E-state index contributed by atoms with van der Waals surface area (Å²) < 4.78 is 1.76. The number of hydrogen-bond donors (Lipinski definition) is 1. The van der Waals surface area contributed by atoms with Crippen molar-refractivity contribution in [1.29, 1.82) is 0 Å². The van der Waals surface area contributed by atoms with Crippen LogP contribution in [-0.4, -0.2) is 19.7 Å². The van der Waals surface area contributed by atoms with E-state index in [0.717, 1.165) is 23.6 Å². The van der Waals surface area contributed by atoms with Gasteiger partial charge in [0.15, 0.2) is 0 Å². The monoisotopic (exact) mass is 265 g/mol. The highest BCUT2D eigenvalue weighted by atomic mass is 15.2. The summed E-state index contributed by atoms with van der Waals surface area (Å²) in [5, 5.41) is 7.45. The van der Waals surface area contributed by atoms with Crippen molar-refractivity contribution >= 4 is 5.82 Å². The Hall–Kier alpha value is -2.69. The normalized spacial score (nSPS) is 10.4. The summed E-state index contributed by atoms with van der Waals surface area (Å²) in [6.07, 6.45) is 5.29. The Balaban J connectivity index is 1.75. The Morgan fingerprint density at radius 1 is 1.15 bits per heavy atom. The molecule has 2 aromatic heterocycles. The van der Waals surface area contributed by atoms with E-state index in [1.807, 2.05) is 37.5 Å². The third kappa shape index (κ3) is 2.83. The lowest BCUT2D eigenvalue weighted by Gasteiger charge is -2.06. The van der Waals surface area contributed by atoms with Crippen LogP contribution < -0.4 is 5.32 Å². The van der Waals surface area contributed by atoms with Crippen LogP contribution in [0.2, 0.25) is 0 Å². The van der Waals surface area contributed by atoms with E-state index in [2.05, 4.69) is 32.5 Å². The van der Waals surface area contributed by atoms with Crippen molar-refractivity contribution in [2.75, 3.05) is 5.32 Å². The summed E-state index contributed by atoms with van der Waals surface area (Å²) in [5.74, 6) is 0.808. The first kappa shape index (κ1) is 12.3. The molecule has 20 heavy (non-hydrogen) atoms. The number of hydrogen-bond acceptors (Lipinski definition) is 4. The topological polar surface area (TPSA) is 55.6 Å². The first-order valence-corrected chi connectivity index (χ1v) is 6.40. The molecule has 1 N–H and O–H groups in total. The van der Waals surface area contributed by atoms with Crippen molar-refractivity contribution < 1.29 is 0 Å². The van der Waals surface area contributed by atoms with Gasteiger partial charge in [-0.05, 0) is 5.56 Å².